The lowest BCUT2D eigenvalue weighted by Crippen LogP contribution is -2.37. The summed E-state index contributed by atoms with van der Waals surface area (Å²) in [5.74, 6) is -3.04. The molecule has 0 saturated carbocycles. The van der Waals surface area contributed by atoms with Gasteiger partial charge >= 0.3 is 18.1 Å². The van der Waals surface area contributed by atoms with Gasteiger partial charge in [-0.15, -0.1) is 0 Å². The molecule has 1 aromatic heterocycles. The number of carbonyl (C=O) groups excluding carboxylic acids is 2. The number of halogens is 3. The standard InChI is InChI=1S/C25H28F3N3O4/c1-12(2)34-23(32)19-14(5)30-15(6)20(24(33)35-13(3)4)21(19)18-11-29-31-22(18)16-7-9-17(10-8-16)25(26,27)28/h7-13,19,21H,1-6H3,(H,29,31). The molecule has 0 radical (unpaired) electrons. The number of esters is 2. The molecule has 1 aliphatic rings. The van der Waals surface area contributed by atoms with Gasteiger partial charge in [0.2, 0.25) is 0 Å². The fraction of sp³-hybridized carbons (Fsp3) is 0.440. The first-order valence-electron chi connectivity index (χ1n) is 11.2. The van der Waals surface area contributed by atoms with Crippen molar-refractivity contribution in [1.82, 2.24) is 10.2 Å². The molecule has 2 heterocycles. The Kier molecular flexibility index (Phi) is 7.52. The van der Waals surface area contributed by atoms with Crippen LogP contribution in [0.15, 0.2) is 46.7 Å². The summed E-state index contributed by atoms with van der Waals surface area (Å²) in [7, 11) is 0. The number of nitrogens with zero attached hydrogens (tertiary/aromatic N) is 2. The first-order chi connectivity index (χ1) is 16.3. The quantitative estimate of drug-likeness (QED) is 0.543. The summed E-state index contributed by atoms with van der Waals surface area (Å²) in [4.78, 5) is 30.8. The molecule has 35 heavy (non-hydrogen) atoms. The highest BCUT2D eigenvalue weighted by atomic mass is 19.4. The molecule has 1 N–H and O–H groups in total. The van der Waals surface area contributed by atoms with Crippen LogP contribution in [0.2, 0.25) is 0 Å². The van der Waals surface area contributed by atoms with E-state index in [2.05, 4.69) is 15.2 Å². The lowest BCUT2D eigenvalue weighted by Gasteiger charge is -2.32. The Morgan fingerprint density at radius 1 is 1.00 bits per heavy atom. The maximum absolute atomic E-state index is 13.2. The van der Waals surface area contributed by atoms with Crippen molar-refractivity contribution in [3.05, 3.63) is 52.9 Å². The van der Waals surface area contributed by atoms with Crippen LogP contribution in [-0.2, 0) is 25.2 Å². The number of hydrogen-bond donors (Lipinski definition) is 1. The predicted molar refractivity (Wildman–Crippen MR) is 124 cm³/mol. The molecule has 1 aliphatic heterocycles. The highest BCUT2D eigenvalue weighted by Crippen LogP contribution is 2.43. The maximum atomic E-state index is 13.2. The minimum Gasteiger partial charge on any atom is -0.462 e. The van der Waals surface area contributed by atoms with E-state index in [9.17, 15) is 22.8 Å². The molecule has 0 aliphatic carbocycles. The second-order valence-corrected chi connectivity index (χ2v) is 8.92. The van der Waals surface area contributed by atoms with E-state index in [4.69, 9.17) is 9.47 Å². The van der Waals surface area contributed by atoms with Gasteiger partial charge in [-0.25, -0.2) is 4.79 Å². The summed E-state index contributed by atoms with van der Waals surface area (Å²) < 4.78 is 50.1. The molecule has 0 saturated heterocycles. The Morgan fingerprint density at radius 2 is 1.60 bits per heavy atom. The van der Waals surface area contributed by atoms with Crippen LogP contribution in [0.1, 0.15) is 58.6 Å². The monoisotopic (exact) mass is 491 g/mol. The average Bonchev–Trinajstić information content (AvgIpc) is 3.20. The van der Waals surface area contributed by atoms with Gasteiger partial charge in [-0.1, -0.05) is 12.1 Å². The van der Waals surface area contributed by atoms with Crippen LogP contribution >= 0.6 is 0 Å². The molecular formula is C25H28F3N3O4. The topological polar surface area (TPSA) is 93.6 Å². The number of rotatable bonds is 6. The van der Waals surface area contributed by atoms with Crippen molar-refractivity contribution in [2.75, 3.05) is 0 Å². The molecule has 2 unspecified atom stereocenters. The van der Waals surface area contributed by atoms with Crippen LogP contribution in [0.3, 0.4) is 0 Å². The average molecular weight is 492 g/mol. The molecule has 10 heteroatoms. The zero-order valence-electron chi connectivity index (χ0n) is 20.4. The third-order valence-corrected chi connectivity index (χ3v) is 5.50. The van der Waals surface area contributed by atoms with Gasteiger partial charge in [0.05, 0.1) is 35.2 Å². The summed E-state index contributed by atoms with van der Waals surface area (Å²) in [6.07, 6.45) is -3.85. The minimum atomic E-state index is -4.48. The molecule has 0 fully saturated rings. The van der Waals surface area contributed by atoms with Gasteiger partial charge in [-0.3, -0.25) is 14.9 Å². The number of nitrogens with one attached hydrogen (secondary N) is 1. The second-order valence-electron chi connectivity index (χ2n) is 8.92. The smallest absolute Gasteiger partial charge is 0.416 e. The van der Waals surface area contributed by atoms with Crippen molar-refractivity contribution in [1.29, 1.82) is 0 Å². The SMILES string of the molecule is CC1=NC(C)=C(C(=O)OC(C)C)C(c2cn[nH]c2-c2ccc(C(F)(F)F)cc2)C1C(=O)OC(C)C. The number of ether oxygens (including phenoxy) is 2. The molecule has 2 aromatic rings. The Morgan fingerprint density at radius 3 is 2.14 bits per heavy atom. The van der Waals surface area contributed by atoms with Crippen LogP contribution in [0, 0.1) is 5.92 Å². The van der Waals surface area contributed by atoms with Gasteiger partial charge in [-0.05, 0) is 59.2 Å². The number of H-pyrrole nitrogens is 1. The van der Waals surface area contributed by atoms with E-state index in [1.165, 1.54) is 18.3 Å². The number of aromatic amines is 1. The largest absolute Gasteiger partial charge is 0.462 e. The van der Waals surface area contributed by atoms with Crippen molar-refractivity contribution in [3.8, 4) is 11.3 Å². The van der Waals surface area contributed by atoms with E-state index < -0.39 is 47.7 Å². The van der Waals surface area contributed by atoms with Crippen molar-refractivity contribution in [2.24, 2.45) is 10.9 Å². The first kappa shape index (κ1) is 26.2. The van der Waals surface area contributed by atoms with E-state index in [-0.39, 0.29) is 5.57 Å². The number of hydrogen-bond acceptors (Lipinski definition) is 6. The Bertz CT molecular complexity index is 1160. The summed E-state index contributed by atoms with van der Waals surface area (Å²) in [5.41, 5.74) is 1.44. The van der Waals surface area contributed by atoms with Crippen LogP contribution < -0.4 is 0 Å². The van der Waals surface area contributed by atoms with E-state index >= 15 is 0 Å². The van der Waals surface area contributed by atoms with Gasteiger partial charge in [0, 0.05) is 22.9 Å². The molecule has 188 valence electrons. The van der Waals surface area contributed by atoms with Crippen molar-refractivity contribution >= 4 is 17.7 Å². The van der Waals surface area contributed by atoms with Gasteiger partial charge in [0.1, 0.15) is 5.92 Å². The second kappa shape index (κ2) is 10.1. The number of benzene rings is 1. The van der Waals surface area contributed by atoms with Gasteiger partial charge in [-0.2, -0.15) is 18.3 Å². The Balaban J connectivity index is 2.17. The van der Waals surface area contributed by atoms with Crippen molar-refractivity contribution in [2.45, 2.75) is 65.8 Å². The van der Waals surface area contributed by atoms with Gasteiger partial charge in [0.15, 0.2) is 0 Å². The van der Waals surface area contributed by atoms with Gasteiger partial charge in [0.25, 0.3) is 0 Å². The lowest BCUT2D eigenvalue weighted by atomic mass is 9.75. The molecule has 3 rings (SSSR count). The Labute approximate surface area is 201 Å². The molecule has 2 atom stereocenters. The van der Waals surface area contributed by atoms with Gasteiger partial charge < -0.3 is 9.47 Å². The zero-order valence-corrected chi connectivity index (χ0v) is 20.4. The van der Waals surface area contributed by atoms with Crippen molar-refractivity contribution < 1.29 is 32.2 Å². The molecular weight excluding hydrogens is 463 g/mol. The van der Waals surface area contributed by atoms with Crippen LogP contribution in [0.5, 0.6) is 0 Å². The third-order valence-electron chi connectivity index (χ3n) is 5.50. The minimum absolute atomic E-state index is 0.171. The van der Waals surface area contributed by atoms with E-state index in [1.807, 2.05) is 0 Å². The zero-order chi connectivity index (χ0) is 26.1. The number of aliphatic imine (C=N–C) groups is 1. The lowest BCUT2D eigenvalue weighted by molar-refractivity contribution is -0.150. The summed E-state index contributed by atoms with van der Waals surface area (Å²) >= 11 is 0. The number of alkyl halides is 3. The molecule has 0 amide bonds. The normalized spacial score (nSPS) is 18.7. The van der Waals surface area contributed by atoms with E-state index in [1.54, 1.807) is 41.5 Å². The number of carbonyl (C=O) groups is 2. The molecule has 1 aromatic carbocycles. The third kappa shape index (κ3) is 5.63. The van der Waals surface area contributed by atoms with E-state index in [0.717, 1.165) is 12.1 Å². The molecule has 0 bridgehead atoms. The maximum Gasteiger partial charge on any atom is 0.416 e. The number of aromatic nitrogens is 2. The summed E-state index contributed by atoms with van der Waals surface area (Å²) in [5, 5.41) is 6.90. The van der Waals surface area contributed by atoms with Crippen LogP contribution in [0.4, 0.5) is 13.2 Å². The first-order valence-corrected chi connectivity index (χ1v) is 11.2. The molecule has 7 nitrogen and oxygen atoms in total. The predicted octanol–water partition coefficient (Wildman–Crippen LogP) is 5.45. The molecule has 0 spiro atoms. The fourth-order valence-electron chi connectivity index (χ4n) is 4.12. The van der Waals surface area contributed by atoms with Crippen molar-refractivity contribution in [3.63, 3.8) is 0 Å². The number of allylic oxidation sites excluding steroid dienone is 1. The van der Waals surface area contributed by atoms with E-state index in [0.29, 0.717) is 28.2 Å². The fourth-order valence-corrected chi connectivity index (χ4v) is 4.12. The summed E-state index contributed by atoms with van der Waals surface area (Å²) in [6.45, 7) is 10.2. The van der Waals surface area contributed by atoms with Crippen LogP contribution in [0.25, 0.3) is 11.3 Å². The van der Waals surface area contributed by atoms with Crippen LogP contribution in [-0.4, -0.2) is 40.1 Å². The highest BCUT2D eigenvalue weighted by molar-refractivity contribution is 6.07. The summed E-state index contributed by atoms with van der Waals surface area (Å²) in [6, 6.07) is 4.56. The highest BCUT2D eigenvalue weighted by Gasteiger charge is 2.44. The Hall–Kier alpha value is -3.43.